The van der Waals surface area contributed by atoms with Gasteiger partial charge in [-0.1, -0.05) is 60.7 Å². The van der Waals surface area contributed by atoms with Crippen molar-refractivity contribution in [1.29, 1.82) is 0 Å². The average molecular weight is 487 g/mol. The fraction of sp³-hybridized carbons (Fsp3) is 0.231. The molecule has 180 valence electrons. The molecule has 3 aromatic rings. The zero-order valence-electron chi connectivity index (χ0n) is 18.1. The third-order valence-electron chi connectivity index (χ3n) is 6.75. The molecule has 0 spiro atoms. The lowest BCUT2D eigenvalue weighted by Gasteiger charge is -2.29. The molecule has 3 atom stereocenters. The minimum Gasteiger partial charge on any atom is -0.461 e. The van der Waals surface area contributed by atoms with Gasteiger partial charge < -0.3 is 9.64 Å². The molecule has 35 heavy (non-hydrogen) atoms. The Morgan fingerprint density at radius 2 is 1.40 bits per heavy atom. The molecule has 1 aliphatic heterocycles. The minimum atomic E-state index is -2.32. The molecule has 0 bridgehead atoms. The maximum absolute atomic E-state index is 14.7. The van der Waals surface area contributed by atoms with Gasteiger partial charge in [0, 0.05) is 5.92 Å². The first-order valence-electron chi connectivity index (χ1n) is 10.9. The number of hydrogen-bond donors (Lipinski definition) is 0. The summed E-state index contributed by atoms with van der Waals surface area (Å²) in [7, 11) is 0. The van der Waals surface area contributed by atoms with Crippen LogP contribution in [0.25, 0.3) is 0 Å². The lowest BCUT2D eigenvalue weighted by Crippen LogP contribution is -2.42. The van der Waals surface area contributed by atoms with Crippen LogP contribution in [-0.4, -0.2) is 17.9 Å². The zero-order chi connectivity index (χ0) is 24.9. The van der Waals surface area contributed by atoms with Crippen molar-refractivity contribution in [2.45, 2.75) is 30.9 Å². The van der Waals surface area contributed by atoms with Gasteiger partial charge in [0.25, 0.3) is 0 Å². The van der Waals surface area contributed by atoms with Crippen molar-refractivity contribution in [3.8, 4) is 0 Å². The summed E-state index contributed by atoms with van der Waals surface area (Å²) in [6.45, 7) is -0.0721. The van der Waals surface area contributed by atoms with Gasteiger partial charge in [0.1, 0.15) is 12.3 Å². The number of halogens is 5. The number of hydrogen-bond acceptors (Lipinski definition) is 3. The van der Waals surface area contributed by atoms with Crippen LogP contribution in [0.15, 0.2) is 60.7 Å². The van der Waals surface area contributed by atoms with E-state index in [1.165, 1.54) is 0 Å². The molecule has 5 rings (SSSR count). The Hall–Kier alpha value is -3.75. The number of amides is 1. The van der Waals surface area contributed by atoms with Gasteiger partial charge in [-0.05, 0) is 17.5 Å². The Bertz CT molecular complexity index is 1290. The van der Waals surface area contributed by atoms with E-state index in [9.17, 15) is 31.5 Å². The number of ether oxygens (including phenoxy) is 1. The lowest BCUT2D eigenvalue weighted by atomic mass is 9.93. The fourth-order valence-corrected chi connectivity index (χ4v) is 5.01. The number of piperidine rings is 1. The monoisotopic (exact) mass is 487 g/mol. The van der Waals surface area contributed by atoms with E-state index in [4.69, 9.17) is 4.74 Å². The molecule has 0 radical (unpaired) electrons. The van der Waals surface area contributed by atoms with Crippen LogP contribution in [0.4, 0.5) is 27.6 Å². The van der Waals surface area contributed by atoms with Crippen molar-refractivity contribution in [2.24, 2.45) is 5.92 Å². The Kier molecular flexibility index (Phi) is 5.57. The second-order valence-corrected chi connectivity index (χ2v) is 8.66. The molecule has 3 aromatic carbocycles. The highest BCUT2D eigenvalue weighted by molar-refractivity contribution is 6.08. The quantitative estimate of drug-likeness (QED) is 0.208. The molecule has 1 aliphatic carbocycles. The third kappa shape index (κ3) is 3.57. The van der Waals surface area contributed by atoms with Gasteiger partial charge >= 0.3 is 5.97 Å². The molecular formula is C26H18F5NO3. The SMILES string of the molecule is O=C(CC1C2CC2(c2ccccc2)C(=O)N1c1c(F)c(F)c(F)c(F)c1F)OCc1ccccc1. The topological polar surface area (TPSA) is 46.6 Å². The predicted molar refractivity (Wildman–Crippen MR) is 115 cm³/mol. The Labute approximate surface area is 196 Å². The van der Waals surface area contributed by atoms with Crippen LogP contribution in [0.5, 0.6) is 0 Å². The number of nitrogens with zero attached hydrogens (tertiary/aromatic N) is 1. The normalized spacial score (nSPS) is 22.8. The van der Waals surface area contributed by atoms with Crippen LogP contribution < -0.4 is 4.90 Å². The van der Waals surface area contributed by atoms with E-state index in [2.05, 4.69) is 0 Å². The van der Waals surface area contributed by atoms with Crippen LogP contribution in [0, 0.1) is 35.0 Å². The summed E-state index contributed by atoms with van der Waals surface area (Å²) >= 11 is 0. The first-order chi connectivity index (χ1) is 16.8. The Morgan fingerprint density at radius 1 is 0.857 bits per heavy atom. The molecule has 3 unspecified atom stereocenters. The van der Waals surface area contributed by atoms with Gasteiger partial charge in [-0.3, -0.25) is 9.59 Å². The number of carbonyl (C=O) groups excluding carboxylic acids is 2. The van der Waals surface area contributed by atoms with Gasteiger partial charge in [0.05, 0.1) is 17.9 Å². The zero-order valence-corrected chi connectivity index (χ0v) is 18.1. The number of rotatable bonds is 6. The summed E-state index contributed by atoms with van der Waals surface area (Å²) in [5.74, 6) is -13.1. The van der Waals surface area contributed by atoms with E-state index in [1.807, 2.05) is 0 Å². The van der Waals surface area contributed by atoms with Gasteiger partial charge in [0.2, 0.25) is 11.7 Å². The molecule has 4 nitrogen and oxygen atoms in total. The molecule has 2 fully saturated rings. The number of anilines is 1. The first-order valence-corrected chi connectivity index (χ1v) is 10.9. The highest BCUT2D eigenvalue weighted by Crippen LogP contribution is 2.64. The van der Waals surface area contributed by atoms with Crippen molar-refractivity contribution < 1.29 is 36.3 Å². The van der Waals surface area contributed by atoms with E-state index in [-0.39, 0.29) is 13.0 Å². The molecule has 0 aromatic heterocycles. The molecule has 2 aliphatic rings. The van der Waals surface area contributed by atoms with E-state index in [0.29, 0.717) is 16.0 Å². The number of benzene rings is 3. The summed E-state index contributed by atoms with van der Waals surface area (Å²) < 4.78 is 76.5. The Balaban J connectivity index is 1.52. The van der Waals surface area contributed by atoms with Crippen molar-refractivity contribution in [3.05, 3.63) is 101 Å². The predicted octanol–water partition coefficient (Wildman–Crippen LogP) is 5.19. The van der Waals surface area contributed by atoms with Crippen molar-refractivity contribution in [2.75, 3.05) is 4.90 Å². The van der Waals surface area contributed by atoms with Crippen LogP contribution in [-0.2, 0) is 26.3 Å². The molecule has 9 heteroatoms. The number of carbonyl (C=O) groups is 2. The lowest BCUT2D eigenvalue weighted by molar-refractivity contribution is -0.145. The van der Waals surface area contributed by atoms with Crippen LogP contribution in [0.1, 0.15) is 24.0 Å². The highest BCUT2D eigenvalue weighted by atomic mass is 19.2. The molecule has 1 heterocycles. The largest absolute Gasteiger partial charge is 0.461 e. The van der Waals surface area contributed by atoms with Crippen LogP contribution >= 0.6 is 0 Å². The average Bonchev–Trinajstić information content (AvgIpc) is 3.59. The summed E-state index contributed by atoms with van der Waals surface area (Å²) in [5, 5.41) is 0. The van der Waals surface area contributed by atoms with Crippen molar-refractivity contribution >= 4 is 17.6 Å². The minimum absolute atomic E-state index is 0.0721. The highest BCUT2D eigenvalue weighted by Gasteiger charge is 2.72. The first kappa shape index (κ1) is 23.0. The van der Waals surface area contributed by atoms with Crippen LogP contribution in [0.2, 0.25) is 0 Å². The van der Waals surface area contributed by atoms with E-state index in [1.54, 1.807) is 60.7 Å². The second kappa shape index (κ2) is 8.48. The Morgan fingerprint density at radius 3 is 2.00 bits per heavy atom. The summed E-state index contributed by atoms with van der Waals surface area (Å²) in [6.07, 6.45) is -0.199. The maximum Gasteiger partial charge on any atom is 0.308 e. The molecule has 1 saturated carbocycles. The third-order valence-corrected chi connectivity index (χ3v) is 6.75. The fourth-order valence-electron chi connectivity index (χ4n) is 5.01. The standard InChI is InChI=1S/C26H18F5NO3/c27-19-20(28)22(30)24(23(31)21(19)29)32-17(11-18(33)35-13-14-7-3-1-4-8-14)16-12-26(16,25(32)34)15-9-5-2-6-10-15/h1-10,16-17H,11-13H2. The van der Waals surface area contributed by atoms with Crippen molar-refractivity contribution in [1.82, 2.24) is 0 Å². The molecule has 1 saturated heterocycles. The van der Waals surface area contributed by atoms with Gasteiger partial charge in [-0.2, -0.15) is 0 Å². The second-order valence-electron chi connectivity index (χ2n) is 8.66. The summed E-state index contributed by atoms with van der Waals surface area (Å²) in [4.78, 5) is 26.8. The van der Waals surface area contributed by atoms with E-state index >= 15 is 0 Å². The van der Waals surface area contributed by atoms with Gasteiger partial charge in [0.15, 0.2) is 23.3 Å². The molecule has 1 amide bonds. The summed E-state index contributed by atoms with van der Waals surface area (Å²) in [5.41, 5.74) is -1.32. The number of fused-ring (bicyclic) bond motifs is 1. The smallest absolute Gasteiger partial charge is 0.308 e. The van der Waals surface area contributed by atoms with Gasteiger partial charge in [-0.15, -0.1) is 0 Å². The van der Waals surface area contributed by atoms with Gasteiger partial charge in [-0.25, -0.2) is 22.0 Å². The molecular weight excluding hydrogens is 469 g/mol. The van der Waals surface area contributed by atoms with Crippen molar-refractivity contribution in [3.63, 3.8) is 0 Å². The maximum atomic E-state index is 14.7. The number of esters is 1. The van der Waals surface area contributed by atoms with E-state index < -0.39 is 70.4 Å². The van der Waals surface area contributed by atoms with Crippen LogP contribution in [0.3, 0.4) is 0 Å². The molecule has 0 N–H and O–H groups in total. The summed E-state index contributed by atoms with van der Waals surface area (Å²) in [6, 6.07) is 16.0. The van der Waals surface area contributed by atoms with E-state index in [0.717, 1.165) is 0 Å².